The standard InChI is InChI=1S/C27H29F3N8O2/c1-36(2)25-22-5-3-4-6-23(22)34-26(35-25)33-19-9-7-18(8-10-19)31-15-17-16-32-37(24(17)27(28,29)30)20-11-13-21(14-12-20)38(39)40/h3-6,11-14,16,18-19,31H,7-10,15H2,1-2H3,(H,33,34,35)/t18-,19+. The van der Waals surface area contributed by atoms with E-state index in [-0.39, 0.29) is 35.6 Å². The van der Waals surface area contributed by atoms with Gasteiger partial charge < -0.3 is 15.5 Å². The minimum Gasteiger partial charge on any atom is -0.362 e. The van der Waals surface area contributed by atoms with Crippen molar-refractivity contribution in [3.05, 3.63) is 76.1 Å². The third kappa shape index (κ3) is 5.83. The van der Waals surface area contributed by atoms with Crippen molar-refractivity contribution in [1.29, 1.82) is 0 Å². The molecule has 0 spiro atoms. The summed E-state index contributed by atoms with van der Waals surface area (Å²) in [5.41, 5.74) is -0.124. The van der Waals surface area contributed by atoms with Gasteiger partial charge >= 0.3 is 6.18 Å². The van der Waals surface area contributed by atoms with Crippen LogP contribution < -0.4 is 15.5 Å². The molecule has 1 saturated carbocycles. The Labute approximate surface area is 228 Å². The fraction of sp³-hybridized carbons (Fsp3) is 0.370. The van der Waals surface area contributed by atoms with Crippen molar-refractivity contribution in [2.45, 2.75) is 50.5 Å². The minimum atomic E-state index is -4.65. The highest BCUT2D eigenvalue weighted by molar-refractivity contribution is 5.90. The molecule has 0 radical (unpaired) electrons. The van der Waals surface area contributed by atoms with E-state index in [1.54, 1.807) is 0 Å². The summed E-state index contributed by atoms with van der Waals surface area (Å²) in [7, 11) is 3.88. The van der Waals surface area contributed by atoms with Crippen LogP contribution in [0.4, 0.5) is 30.6 Å². The molecule has 2 aromatic heterocycles. The quantitative estimate of drug-likeness (QED) is 0.222. The molecule has 0 bridgehead atoms. The van der Waals surface area contributed by atoms with E-state index in [4.69, 9.17) is 4.98 Å². The molecular formula is C27H29F3N8O2. The van der Waals surface area contributed by atoms with Crippen molar-refractivity contribution in [3.8, 4) is 5.69 Å². The molecule has 1 fully saturated rings. The lowest BCUT2D eigenvalue weighted by Gasteiger charge is -2.30. The van der Waals surface area contributed by atoms with Crippen LogP contribution in [-0.2, 0) is 12.7 Å². The average Bonchev–Trinajstić information content (AvgIpc) is 3.37. The molecule has 40 heavy (non-hydrogen) atoms. The van der Waals surface area contributed by atoms with Gasteiger partial charge in [0.1, 0.15) is 5.82 Å². The van der Waals surface area contributed by atoms with Crippen molar-refractivity contribution in [2.75, 3.05) is 24.3 Å². The second-order valence-corrected chi connectivity index (χ2v) is 10.1. The third-order valence-electron chi connectivity index (χ3n) is 7.07. The summed E-state index contributed by atoms with van der Waals surface area (Å²) in [5, 5.41) is 22.5. The van der Waals surface area contributed by atoms with Crippen LogP contribution >= 0.6 is 0 Å². The molecule has 2 aromatic carbocycles. The van der Waals surface area contributed by atoms with Gasteiger partial charge in [0.25, 0.3) is 5.69 Å². The number of nitro benzene ring substituents is 1. The maximum Gasteiger partial charge on any atom is 0.433 e. The third-order valence-corrected chi connectivity index (χ3v) is 7.07. The van der Waals surface area contributed by atoms with Crippen molar-refractivity contribution in [2.24, 2.45) is 0 Å². The fourth-order valence-electron chi connectivity index (χ4n) is 5.07. The van der Waals surface area contributed by atoms with Gasteiger partial charge in [0.2, 0.25) is 5.95 Å². The van der Waals surface area contributed by atoms with Crippen LogP contribution in [-0.4, -0.2) is 50.9 Å². The number of halogens is 3. The summed E-state index contributed by atoms with van der Waals surface area (Å²) in [6, 6.07) is 12.9. The number of anilines is 2. The Morgan fingerprint density at radius 1 is 1.02 bits per heavy atom. The number of hydrogen-bond donors (Lipinski definition) is 2. The smallest absolute Gasteiger partial charge is 0.362 e. The number of fused-ring (bicyclic) bond motifs is 1. The number of non-ortho nitro benzene ring substituents is 1. The van der Waals surface area contributed by atoms with E-state index in [1.165, 1.54) is 18.3 Å². The van der Waals surface area contributed by atoms with Gasteiger partial charge in [0.05, 0.1) is 22.3 Å². The zero-order valence-corrected chi connectivity index (χ0v) is 22.0. The number of hydrogen-bond acceptors (Lipinski definition) is 8. The highest BCUT2D eigenvalue weighted by atomic mass is 19.4. The van der Waals surface area contributed by atoms with Gasteiger partial charge in [-0.25, -0.2) is 9.67 Å². The van der Waals surface area contributed by atoms with E-state index in [0.29, 0.717) is 5.95 Å². The van der Waals surface area contributed by atoms with Gasteiger partial charge in [-0.05, 0) is 49.9 Å². The van der Waals surface area contributed by atoms with Crippen LogP contribution in [0, 0.1) is 10.1 Å². The molecule has 2 heterocycles. The van der Waals surface area contributed by atoms with E-state index in [9.17, 15) is 23.3 Å². The van der Waals surface area contributed by atoms with Crippen molar-refractivity contribution < 1.29 is 18.1 Å². The second-order valence-electron chi connectivity index (χ2n) is 10.1. The summed E-state index contributed by atoms with van der Waals surface area (Å²) >= 11 is 0. The number of para-hydroxylation sites is 1. The number of benzene rings is 2. The normalized spacial score (nSPS) is 17.6. The molecule has 13 heteroatoms. The number of aromatic nitrogens is 4. The predicted molar refractivity (Wildman–Crippen MR) is 146 cm³/mol. The largest absolute Gasteiger partial charge is 0.433 e. The maximum atomic E-state index is 14.0. The predicted octanol–water partition coefficient (Wildman–Crippen LogP) is 5.32. The lowest BCUT2D eigenvalue weighted by Crippen LogP contribution is -2.37. The molecule has 210 valence electrons. The zero-order valence-electron chi connectivity index (χ0n) is 22.0. The molecule has 1 aliphatic rings. The van der Waals surface area contributed by atoms with Gasteiger partial charge in [-0.2, -0.15) is 23.3 Å². The van der Waals surface area contributed by atoms with Crippen LogP contribution in [0.5, 0.6) is 0 Å². The number of nitro groups is 1. The monoisotopic (exact) mass is 554 g/mol. The molecule has 1 aliphatic carbocycles. The molecule has 0 aliphatic heterocycles. The Bertz CT molecular complexity index is 1500. The first-order chi connectivity index (χ1) is 19.1. The molecule has 0 unspecified atom stereocenters. The van der Waals surface area contributed by atoms with E-state index in [0.717, 1.165) is 59.2 Å². The molecule has 0 atom stereocenters. The Hall–Kier alpha value is -4.26. The van der Waals surface area contributed by atoms with Gasteiger partial charge in [0.15, 0.2) is 5.69 Å². The molecule has 2 N–H and O–H groups in total. The first-order valence-electron chi connectivity index (χ1n) is 12.9. The van der Waals surface area contributed by atoms with E-state index in [2.05, 4.69) is 20.7 Å². The lowest BCUT2D eigenvalue weighted by molar-refractivity contribution is -0.384. The van der Waals surface area contributed by atoms with Crippen LogP contribution in [0.2, 0.25) is 0 Å². The summed E-state index contributed by atoms with van der Waals surface area (Å²) in [6.45, 7) is 0.00453. The van der Waals surface area contributed by atoms with E-state index in [1.807, 2.05) is 43.3 Å². The van der Waals surface area contributed by atoms with Gasteiger partial charge in [-0.1, -0.05) is 12.1 Å². The maximum absolute atomic E-state index is 14.0. The van der Waals surface area contributed by atoms with Crippen LogP contribution in [0.1, 0.15) is 36.9 Å². The average molecular weight is 555 g/mol. The van der Waals surface area contributed by atoms with E-state index < -0.39 is 16.8 Å². The molecule has 0 amide bonds. The van der Waals surface area contributed by atoms with Crippen molar-refractivity contribution >= 4 is 28.4 Å². The van der Waals surface area contributed by atoms with Gasteiger partial charge in [-0.15, -0.1) is 0 Å². The highest BCUT2D eigenvalue weighted by Gasteiger charge is 2.38. The number of alkyl halides is 3. The summed E-state index contributed by atoms with van der Waals surface area (Å²) in [4.78, 5) is 21.6. The fourth-order valence-corrected chi connectivity index (χ4v) is 5.07. The Morgan fingerprint density at radius 2 is 1.70 bits per heavy atom. The van der Waals surface area contributed by atoms with Gasteiger partial charge in [-0.3, -0.25) is 10.1 Å². The highest BCUT2D eigenvalue weighted by Crippen LogP contribution is 2.34. The summed E-state index contributed by atoms with van der Waals surface area (Å²) in [6.07, 6.45) is -0.252. The lowest BCUT2D eigenvalue weighted by atomic mass is 9.91. The van der Waals surface area contributed by atoms with Crippen molar-refractivity contribution in [1.82, 2.24) is 25.1 Å². The topological polar surface area (TPSA) is 114 Å². The van der Waals surface area contributed by atoms with E-state index >= 15 is 0 Å². The van der Waals surface area contributed by atoms with Gasteiger partial charge in [0, 0.05) is 55.8 Å². The first-order valence-corrected chi connectivity index (χ1v) is 12.9. The molecule has 10 nitrogen and oxygen atoms in total. The zero-order chi connectivity index (χ0) is 28.4. The Balaban J connectivity index is 1.22. The molecule has 5 rings (SSSR count). The summed E-state index contributed by atoms with van der Waals surface area (Å²) < 4.78 is 42.8. The summed E-state index contributed by atoms with van der Waals surface area (Å²) in [5.74, 6) is 1.39. The SMILES string of the molecule is CN(C)c1nc(N[C@H]2CC[C@@H](NCc3cnn(-c4ccc([N+](=O)[O-])cc4)c3C(F)(F)F)CC2)nc2ccccc12. The number of nitrogens with one attached hydrogen (secondary N) is 2. The van der Waals surface area contributed by atoms with Crippen molar-refractivity contribution in [3.63, 3.8) is 0 Å². The van der Waals surface area contributed by atoms with Crippen LogP contribution in [0.15, 0.2) is 54.7 Å². The Morgan fingerprint density at radius 3 is 2.35 bits per heavy atom. The van der Waals surface area contributed by atoms with Crippen LogP contribution in [0.25, 0.3) is 16.6 Å². The second kappa shape index (κ2) is 11.1. The van der Waals surface area contributed by atoms with Crippen LogP contribution in [0.3, 0.4) is 0 Å². The number of nitrogens with zero attached hydrogens (tertiary/aromatic N) is 6. The minimum absolute atomic E-state index is 0.00453. The Kier molecular flexibility index (Phi) is 7.57. The molecular weight excluding hydrogens is 525 g/mol. The molecule has 4 aromatic rings. The first kappa shape index (κ1) is 27.3. The molecule has 0 saturated heterocycles. The number of rotatable bonds is 8.